The Kier molecular flexibility index (Phi) is 5.00. The van der Waals surface area contributed by atoms with Crippen molar-refractivity contribution in [2.24, 2.45) is 11.5 Å². The standard InChI is InChI=1S/C13H20N4O2/c1-3-13(4-2,8-14)17-12(19)10-6-5-9(7-16-10)11(15)18/h5-7H,3-4,8,14H2,1-2H3,(H2,15,18)(H,17,19). The molecule has 0 bridgehead atoms. The van der Waals surface area contributed by atoms with Gasteiger partial charge in [-0.15, -0.1) is 0 Å². The minimum atomic E-state index is -0.571. The highest BCUT2D eigenvalue weighted by Crippen LogP contribution is 2.14. The van der Waals surface area contributed by atoms with Gasteiger partial charge in [-0.25, -0.2) is 0 Å². The molecule has 5 N–H and O–H groups in total. The van der Waals surface area contributed by atoms with Crippen LogP contribution in [0.5, 0.6) is 0 Å². The SMILES string of the molecule is CCC(CC)(CN)NC(=O)c1ccc(C(N)=O)cn1. The van der Waals surface area contributed by atoms with Crippen LogP contribution in [0.3, 0.4) is 0 Å². The molecule has 19 heavy (non-hydrogen) atoms. The summed E-state index contributed by atoms with van der Waals surface area (Å²) in [4.78, 5) is 26.9. The lowest BCUT2D eigenvalue weighted by atomic mass is 9.93. The van der Waals surface area contributed by atoms with E-state index in [4.69, 9.17) is 11.5 Å². The molecule has 0 atom stereocenters. The summed E-state index contributed by atoms with van der Waals surface area (Å²) in [6.45, 7) is 4.31. The Morgan fingerprint density at radius 3 is 2.32 bits per heavy atom. The monoisotopic (exact) mass is 264 g/mol. The molecule has 0 aliphatic rings. The minimum Gasteiger partial charge on any atom is -0.366 e. The molecule has 6 nitrogen and oxygen atoms in total. The Morgan fingerprint density at radius 1 is 1.32 bits per heavy atom. The highest BCUT2D eigenvalue weighted by atomic mass is 16.2. The van der Waals surface area contributed by atoms with E-state index in [0.717, 1.165) is 12.8 Å². The number of nitrogens with zero attached hydrogens (tertiary/aromatic N) is 1. The molecular weight excluding hydrogens is 244 g/mol. The van der Waals surface area contributed by atoms with Crippen LogP contribution in [-0.4, -0.2) is 28.9 Å². The highest BCUT2D eigenvalue weighted by Gasteiger charge is 2.27. The smallest absolute Gasteiger partial charge is 0.270 e. The number of primary amides is 1. The van der Waals surface area contributed by atoms with Crippen LogP contribution in [-0.2, 0) is 0 Å². The molecule has 0 aliphatic heterocycles. The minimum absolute atomic E-state index is 0.240. The normalized spacial score (nSPS) is 11.1. The van der Waals surface area contributed by atoms with Gasteiger partial charge in [0.2, 0.25) is 5.91 Å². The predicted molar refractivity (Wildman–Crippen MR) is 72.6 cm³/mol. The molecule has 1 rings (SSSR count). The number of nitrogens with one attached hydrogen (secondary N) is 1. The van der Waals surface area contributed by atoms with Crippen LogP contribution in [0.15, 0.2) is 18.3 Å². The lowest BCUT2D eigenvalue weighted by Gasteiger charge is -2.31. The zero-order valence-corrected chi connectivity index (χ0v) is 11.3. The predicted octanol–water partition coefficient (Wildman–Crippen LogP) is 0.428. The largest absolute Gasteiger partial charge is 0.366 e. The number of amides is 2. The molecule has 104 valence electrons. The molecule has 1 aromatic heterocycles. The van der Waals surface area contributed by atoms with Crippen molar-refractivity contribution >= 4 is 11.8 Å². The lowest BCUT2D eigenvalue weighted by molar-refractivity contribution is 0.0888. The van der Waals surface area contributed by atoms with Gasteiger partial charge in [0.1, 0.15) is 5.69 Å². The quantitative estimate of drug-likeness (QED) is 0.691. The molecule has 0 saturated heterocycles. The van der Waals surface area contributed by atoms with Crippen LogP contribution < -0.4 is 16.8 Å². The Morgan fingerprint density at radius 2 is 1.95 bits per heavy atom. The van der Waals surface area contributed by atoms with Gasteiger partial charge in [0.25, 0.3) is 5.91 Å². The fraction of sp³-hybridized carbons (Fsp3) is 0.462. The number of rotatable bonds is 6. The molecule has 1 aromatic rings. The summed E-state index contributed by atoms with van der Waals surface area (Å²) in [5.74, 6) is -0.872. The zero-order chi connectivity index (χ0) is 14.5. The topological polar surface area (TPSA) is 111 Å². The Hall–Kier alpha value is -1.95. The van der Waals surface area contributed by atoms with E-state index in [2.05, 4.69) is 10.3 Å². The molecule has 1 heterocycles. The second-order valence-corrected chi connectivity index (χ2v) is 4.44. The first kappa shape index (κ1) is 15.1. The third-order valence-corrected chi connectivity index (χ3v) is 3.40. The molecule has 0 aliphatic carbocycles. The van der Waals surface area contributed by atoms with Gasteiger partial charge in [0.05, 0.1) is 11.1 Å². The molecule has 0 spiro atoms. The third-order valence-electron chi connectivity index (χ3n) is 3.40. The summed E-state index contributed by atoms with van der Waals surface area (Å²) in [7, 11) is 0. The van der Waals surface area contributed by atoms with Crippen LogP contribution in [0.2, 0.25) is 0 Å². The van der Waals surface area contributed by atoms with Crippen molar-refractivity contribution in [1.82, 2.24) is 10.3 Å². The van der Waals surface area contributed by atoms with Gasteiger partial charge in [0, 0.05) is 12.7 Å². The van der Waals surface area contributed by atoms with Crippen molar-refractivity contribution in [1.29, 1.82) is 0 Å². The number of nitrogens with two attached hydrogens (primary N) is 2. The van der Waals surface area contributed by atoms with Crippen molar-refractivity contribution in [3.8, 4) is 0 Å². The summed E-state index contributed by atoms with van der Waals surface area (Å²) >= 11 is 0. The average Bonchev–Trinajstić information content (AvgIpc) is 2.45. The van der Waals surface area contributed by atoms with Crippen molar-refractivity contribution in [2.75, 3.05) is 6.54 Å². The molecule has 0 unspecified atom stereocenters. The second-order valence-electron chi connectivity index (χ2n) is 4.44. The van der Waals surface area contributed by atoms with E-state index in [1.165, 1.54) is 18.3 Å². The van der Waals surface area contributed by atoms with Crippen LogP contribution in [0.1, 0.15) is 47.5 Å². The summed E-state index contributed by atoms with van der Waals surface area (Å²) in [6.07, 6.45) is 2.77. The lowest BCUT2D eigenvalue weighted by Crippen LogP contribution is -2.53. The third kappa shape index (κ3) is 3.51. The van der Waals surface area contributed by atoms with E-state index in [0.29, 0.717) is 6.54 Å². The number of hydrogen-bond acceptors (Lipinski definition) is 4. The van der Waals surface area contributed by atoms with Gasteiger partial charge >= 0.3 is 0 Å². The number of carbonyl (C=O) groups is 2. The first-order valence-corrected chi connectivity index (χ1v) is 6.26. The molecule has 0 aromatic carbocycles. The van der Waals surface area contributed by atoms with Gasteiger partial charge in [-0.05, 0) is 25.0 Å². The summed E-state index contributed by atoms with van der Waals surface area (Å²) in [6, 6.07) is 2.95. The van der Waals surface area contributed by atoms with Crippen LogP contribution in [0.25, 0.3) is 0 Å². The summed E-state index contributed by atoms with van der Waals surface area (Å²) in [5, 5.41) is 2.90. The van der Waals surface area contributed by atoms with Crippen molar-refractivity contribution < 1.29 is 9.59 Å². The maximum Gasteiger partial charge on any atom is 0.270 e. The second kappa shape index (κ2) is 6.29. The zero-order valence-electron chi connectivity index (χ0n) is 11.3. The van der Waals surface area contributed by atoms with Crippen LogP contribution >= 0.6 is 0 Å². The molecule has 0 fully saturated rings. The Labute approximate surface area is 112 Å². The van der Waals surface area contributed by atoms with Crippen LogP contribution in [0, 0.1) is 0 Å². The highest BCUT2D eigenvalue weighted by molar-refractivity contribution is 5.95. The maximum absolute atomic E-state index is 12.1. The van der Waals surface area contributed by atoms with Crippen molar-refractivity contribution in [3.63, 3.8) is 0 Å². The molecular formula is C13H20N4O2. The van der Waals surface area contributed by atoms with E-state index < -0.39 is 11.4 Å². The van der Waals surface area contributed by atoms with Crippen molar-refractivity contribution in [3.05, 3.63) is 29.6 Å². The van der Waals surface area contributed by atoms with Gasteiger partial charge in [0.15, 0.2) is 0 Å². The van der Waals surface area contributed by atoms with E-state index in [9.17, 15) is 9.59 Å². The number of hydrogen-bond donors (Lipinski definition) is 3. The van der Waals surface area contributed by atoms with E-state index in [1.54, 1.807) is 0 Å². The van der Waals surface area contributed by atoms with Gasteiger partial charge in [-0.3, -0.25) is 14.6 Å². The average molecular weight is 264 g/mol. The fourth-order valence-corrected chi connectivity index (χ4v) is 1.75. The molecule has 6 heteroatoms. The van der Waals surface area contributed by atoms with E-state index in [1.807, 2.05) is 13.8 Å². The van der Waals surface area contributed by atoms with E-state index in [-0.39, 0.29) is 17.2 Å². The van der Waals surface area contributed by atoms with E-state index >= 15 is 0 Å². The number of aromatic nitrogens is 1. The molecule has 0 saturated carbocycles. The molecule has 0 radical (unpaired) electrons. The van der Waals surface area contributed by atoms with Gasteiger partial charge in [-0.2, -0.15) is 0 Å². The Balaban J connectivity index is 2.86. The first-order valence-electron chi connectivity index (χ1n) is 6.26. The van der Waals surface area contributed by atoms with Crippen LogP contribution in [0.4, 0.5) is 0 Å². The fourth-order valence-electron chi connectivity index (χ4n) is 1.75. The van der Waals surface area contributed by atoms with Gasteiger partial charge < -0.3 is 16.8 Å². The van der Waals surface area contributed by atoms with Crippen molar-refractivity contribution in [2.45, 2.75) is 32.2 Å². The number of carbonyl (C=O) groups excluding carboxylic acids is 2. The Bertz CT molecular complexity index is 444. The molecule has 2 amide bonds. The number of pyridine rings is 1. The first-order chi connectivity index (χ1) is 8.98. The maximum atomic E-state index is 12.1. The summed E-state index contributed by atoms with van der Waals surface area (Å²) < 4.78 is 0. The summed E-state index contributed by atoms with van der Waals surface area (Å²) in [5.41, 5.74) is 10.9. The van der Waals surface area contributed by atoms with Gasteiger partial charge in [-0.1, -0.05) is 13.8 Å².